The molecule has 0 radical (unpaired) electrons. The van der Waals surface area contributed by atoms with Crippen molar-refractivity contribution in [3.8, 4) is 0 Å². The summed E-state index contributed by atoms with van der Waals surface area (Å²) in [5.41, 5.74) is 4.75. The second-order valence-electron chi connectivity index (χ2n) is 5.43. The topological polar surface area (TPSA) is 64.0 Å². The molecule has 0 unspecified atom stereocenters. The Morgan fingerprint density at radius 3 is 1.86 bits per heavy atom. The zero-order valence-electron chi connectivity index (χ0n) is 13.3. The van der Waals surface area contributed by atoms with Crippen molar-refractivity contribution in [1.29, 1.82) is 0 Å². The molecule has 0 amide bonds. The highest BCUT2D eigenvalue weighted by molar-refractivity contribution is 7.92. The molecule has 0 fully saturated rings. The zero-order chi connectivity index (χ0) is 15.9. The van der Waals surface area contributed by atoms with Gasteiger partial charge in [-0.1, -0.05) is 0 Å². The minimum Gasteiger partial charge on any atom is -0.274 e. The minimum absolute atomic E-state index is 0.326. The van der Waals surface area contributed by atoms with Crippen molar-refractivity contribution < 1.29 is 8.42 Å². The largest absolute Gasteiger partial charge is 0.274 e. The van der Waals surface area contributed by atoms with Crippen molar-refractivity contribution in [1.82, 2.24) is 9.78 Å². The number of hydrogen-bond acceptors (Lipinski definition) is 3. The highest BCUT2D eigenvalue weighted by atomic mass is 32.2. The van der Waals surface area contributed by atoms with Gasteiger partial charge in [0.15, 0.2) is 5.82 Å². The lowest BCUT2D eigenvalue weighted by Gasteiger charge is -2.18. The molecule has 2 aromatic rings. The number of benzene rings is 1. The normalized spacial score (nSPS) is 11.7. The summed E-state index contributed by atoms with van der Waals surface area (Å²) >= 11 is 0. The molecule has 2 rings (SSSR count). The molecule has 0 aliphatic heterocycles. The fraction of sp³-hybridized carbons (Fsp3) is 0.400. The number of sulfonamides is 1. The van der Waals surface area contributed by atoms with E-state index in [0.717, 1.165) is 27.8 Å². The summed E-state index contributed by atoms with van der Waals surface area (Å²) < 4.78 is 29.5. The lowest BCUT2D eigenvalue weighted by Crippen LogP contribution is -2.18. The van der Waals surface area contributed by atoms with Gasteiger partial charge >= 0.3 is 0 Å². The number of rotatable bonds is 3. The first kappa shape index (κ1) is 15.6. The van der Waals surface area contributed by atoms with Crippen LogP contribution in [0.15, 0.2) is 17.2 Å². The van der Waals surface area contributed by atoms with Gasteiger partial charge in [0, 0.05) is 19.3 Å². The number of nitrogens with zero attached hydrogens (tertiary/aromatic N) is 2. The van der Waals surface area contributed by atoms with Gasteiger partial charge in [-0.05, 0) is 62.4 Å². The maximum Gasteiger partial charge on any atom is 0.263 e. The Morgan fingerprint density at radius 1 is 0.952 bits per heavy atom. The summed E-state index contributed by atoms with van der Waals surface area (Å²) in [6, 6.07) is 1.64. The molecule has 0 saturated heterocycles. The van der Waals surface area contributed by atoms with Crippen molar-refractivity contribution in [3.05, 3.63) is 40.1 Å². The smallest absolute Gasteiger partial charge is 0.263 e. The highest BCUT2D eigenvalue weighted by Gasteiger charge is 2.24. The quantitative estimate of drug-likeness (QED) is 0.948. The molecule has 0 spiro atoms. The summed E-state index contributed by atoms with van der Waals surface area (Å²) in [5, 5.41) is 4.07. The Balaban J connectivity index is 2.60. The van der Waals surface area contributed by atoms with Crippen molar-refractivity contribution in [2.75, 3.05) is 4.72 Å². The van der Waals surface area contributed by atoms with Crippen LogP contribution in [-0.4, -0.2) is 18.2 Å². The molecule has 0 bridgehead atoms. The van der Waals surface area contributed by atoms with E-state index in [9.17, 15) is 8.42 Å². The summed E-state index contributed by atoms with van der Waals surface area (Å²) in [7, 11) is -1.90. The molecule has 114 valence electrons. The van der Waals surface area contributed by atoms with Crippen LogP contribution in [0, 0.1) is 34.6 Å². The summed E-state index contributed by atoms with van der Waals surface area (Å²) in [4.78, 5) is 0.355. The van der Waals surface area contributed by atoms with E-state index in [2.05, 4.69) is 9.82 Å². The van der Waals surface area contributed by atoms with E-state index in [1.54, 1.807) is 24.0 Å². The maximum atomic E-state index is 12.7. The molecule has 1 N–H and O–H groups in total. The van der Waals surface area contributed by atoms with E-state index in [0.29, 0.717) is 10.7 Å². The van der Waals surface area contributed by atoms with Gasteiger partial charge in [-0.15, -0.1) is 0 Å². The molecule has 0 saturated carbocycles. The van der Waals surface area contributed by atoms with Gasteiger partial charge in [0.25, 0.3) is 10.0 Å². The van der Waals surface area contributed by atoms with Crippen LogP contribution in [0.5, 0.6) is 0 Å². The van der Waals surface area contributed by atoms with Crippen LogP contribution in [0.25, 0.3) is 0 Å². The lowest BCUT2D eigenvalue weighted by molar-refractivity contribution is 0.599. The molecular formula is C15H21N3O2S. The van der Waals surface area contributed by atoms with Crippen LogP contribution >= 0.6 is 0 Å². The molecule has 1 heterocycles. The first-order chi connectivity index (χ1) is 9.65. The highest BCUT2D eigenvalue weighted by Crippen LogP contribution is 2.30. The first-order valence-corrected chi connectivity index (χ1v) is 8.23. The molecule has 0 aliphatic carbocycles. The second-order valence-corrected chi connectivity index (χ2v) is 7.05. The molecule has 5 nitrogen and oxygen atoms in total. The summed E-state index contributed by atoms with van der Waals surface area (Å²) in [5.74, 6) is 0.326. The average molecular weight is 307 g/mol. The third-order valence-electron chi connectivity index (χ3n) is 4.15. The predicted molar refractivity (Wildman–Crippen MR) is 84.1 cm³/mol. The van der Waals surface area contributed by atoms with Gasteiger partial charge < -0.3 is 0 Å². The Labute approximate surface area is 126 Å². The Kier molecular flexibility index (Phi) is 3.84. The minimum atomic E-state index is -3.65. The van der Waals surface area contributed by atoms with Gasteiger partial charge in [-0.2, -0.15) is 5.10 Å². The van der Waals surface area contributed by atoms with E-state index >= 15 is 0 Å². The number of nitrogens with one attached hydrogen (secondary N) is 1. The molecule has 21 heavy (non-hydrogen) atoms. The Hall–Kier alpha value is -1.82. The summed E-state index contributed by atoms with van der Waals surface area (Å²) in [6.45, 7) is 9.63. The lowest BCUT2D eigenvalue weighted by atomic mass is 9.95. The second kappa shape index (κ2) is 5.18. The molecule has 6 heteroatoms. The fourth-order valence-corrected chi connectivity index (χ4v) is 4.13. The van der Waals surface area contributed by atoms with Gasteiger partial charge in [0.2, 0.25) is 0 Å². The molecule has 0 atom stereocenters. The van der Waals surface area contributed by atoms with Crippen LogP contribution in [0.1, 0.15) is 27.8 Å². The molecular weight excluding hydrogens is 286 g/mol. The third-order valence-corrected chi connectivity index (χ3v) is 5.78. The average Bonchev–Trinajstić information content (AvgIpc) is 2.78. The van der Waals surface area contributed by atoms with Crippen molar-refractivity contribution >= 4 is 15.8 Å². The van der Waals surface area contributed by atoms with Gasteiger partial charge in [0.1, 0.15) is 0 Å². The van der Waals surface area contributed by atoms with Crippen LogP contribution in [0.2, 0.25) is 0 Å². The van der Waals surface area contributed by atoms with Gasteiger partial charge in [0.05, 0.1) is 4.90 Å². The Bertz CT molecular complexity index is 776. The molecule has 1 aromatic carbocycles. The van der Waals surface area contributed by atoms with Crippen molar-refractivity contribution in [2.24, 2.45) is 7.05 Å². The van der Waals surface area contributed by atoms with E-state index in [1.807, 2.05) is 34.6 Å². The number of aromatic nitrogens is 2. The van der Waals surface area contributed by atoms with Crippen LogP contribution in [0.3, 0.4) is 0 Å². The van der Waals surface area contributed by atoms with Crippen molar-refractivity contribution in [3.63, 3.8) is 0 Å². The summed E-state index contributed by atoms with van der Waals surface area (Å²) in [6.07, 6.45) is 1.70. The van der Waals surface area contributed by atoms with Crippen LogP contribution in [-0.2, 0) is 17.1 Å². The molecule has 1 aromatic heterocycles. The van der Waals surface area contributed by atoms with Crippen LogP contribution in [0.4, 0.5) is 5.82 Å². The predicted octanol–water partition coefficient (Wildman–Crippen LogP) is 2.76. The Morgan fingerprint density at radius 2 is 1.43 bits per heavy atom. The fourth-order valence-electron chi connectivity index (χ4n) is 2.53. The number of anilines is 1. The standard InChI is InChI=1S/C15H21N3O2S/c1-9-10(2)12(4)15(13(5)11(9)3)21(19,20)17-14-7-8-18(6)16-14/h7-8H,1-6H3,(H,16,17). The third kappa shape index (κ3) is 2.68. The van der Waals surface area contributed by atoms with Crippen LogP contribution < -0.4 is 4.72 Å². The van der Waals surface area contributed by atoms with Gasteiger partial charge in [-0.3, -0.25) is 9.40 Å². The van der Waals surface area contributed by atoms with E-state index in [4.69, 9.17) is 0 Å². The van der Waals surface area contributed by atoms with E-state index < -0.39 is 10.0 Å². The first-order valence-electron chi connectivity index (χ1n) is 6.74. The SMILES string of the molecule is Cc1c(C)c(C)c(S(=O)(=O)Nc2ccn(C)n2)c(C)c1C. The number of hydrogen-bond donors (Lipinski definition) is 1. The van der Waals surface area contributed by atoms with Gasteiger partial charge in [-0.25, -0.2) is 8.42 Å². The van der Waals surface area contributed by atoms with E-state index in [-0.39, 0.29) is 0 Å². The maximum absolute atomic E-state index is 12.7. The van der Waals surface area contributed by atoms with Crippen molar-refractivity contribution in [2.45, 2.75) is 39.5 Å². The van der Waals surface area contributed by atoms with E-state index in [1.165, 1.54) is 0 Å². The molecule has 0 aliphatic rings. The zero-order valence-corrected chi connectivity index (χ0v) is 14.1. The number of aryl methyl sites for hydroxylation is 1. The monoisotopic (exact) mass is 307 g/mol.